The van der Waals surface area contributed by atoms with Crippen LogP contribution in [-0.2, 0) is 14.3 Å². The van der Waals surface area contributed by atoms with Crippen molar-refractivity contribution in [2.75, 3.05) is 0 Å². The maximum Gasteiger partial charge on any atom is 0.306 e. The zero-order valence-corrected chi connectivity index (χ0v) is 30.9. The zero-order chi connectivity index (χ0) is 33.6. The van der Waals surface area contributed by atoms with E-state index in [1.165, 1.54) is 154 Å². The number of hydrogen-bond donors (Lipinski definition) is 1. The number of carbonyl (C=O) groups excluding carboxylic acids is 1. The van der Waals surface area contributed by atoms with Gasteiger partial charge in [0, 0.05) is 12.8 Å². The smallest absolute Gasteiger partial charge is 0.306 e. The Hall–Kier alpha value is -1.58. The first-order chi connectivity index (χ1) is 22.6. The van der Waals surface area contributed by atoms with Crippen LogP contribution in [0.1, 0.15) is 226 Å². The molecule has 0 fully saturated rings. The Balaban J connectivity index is 3.72. The van der Waals surface area contributed by atoms with Crippen LogP contribution in [0.15, 0.2) is 24.3 Å². The van der Waals surface area contributed by atoms with E-state index in [2.05, 4.69) is 38.2 Å². The Kier molecular flexibility index (Phi) is 36.6. The Morgan fingerprint density at radius 2 is 0.848 bits per heavy atom. The summed E-state index contributed by atoms with van der Waals surface area (Å²) in [5.74, 6) is -0.634. The summed E-state index contributed by atoms with van der Waals surface area (Å²) >= 11 is 0. The molecule has 0 aliphatic rings. The van der Waals surface area contributed by atoms with Crippen LogP contribution in [0.5, 0.6) is 0 Å². The third-order valence-corrected chi connectivity index (χ3v) is 9.18. The second-order valence-corrected chi connectivity index (χ2v) is 13.8. The maximum atomic E-state index is 12.6. The summed E-state index contributed by atoms with van der Waals surface area (Å²) in [5.41, 5.74) is 0. The molecule has 0 bridgehead atoms. The first-order valence-corrected chi connectivity index (χ1v) is 20.3. The molecule has 4 nitrogen and oxygen atoms in total. The van der Waals surface area contributed by atoms with E-state index in [4.69, 9.17) is 9.84 Å². The highest BCUT2D eigenvalue weighted by Gasteiger charge is 2.14. The van der Waals surface area contributed by atoms with Gasteiger partial charge in [-0.3, -0.25) is 9.59 Å². The van der Waals surface area contributed by atoms with Crippen LogP contribution < -0.4 is 0 Å². The summed E-state index contributed by atoms with van der Waals surface area (Å²) < 4.78 is 5.97. The van der Waals surface area contributed by atoms with Gasteiger partial charge in [0.05, 0.1) is 0 Å². The summed E-state index contributed by atoms with van der Waals surface area (Å²) in [7, 11) is 0. The third-order valence-electron chi connectivity index (χ3n) is 9.18. The van der Waals surface area contributed by atoms with Gasteiger partial charge in [-0.25, -0.2) is 0 Å². The van der Waals surface area contributed by atoms with Crippen molar-refractivity contribution in [1.29, 1.82) is 0 Å². The van der Waals surface area contributed by atoms with E-state index in [-0.39, 0.29) is 12.1 Å². The van der Waals surface area contributed by atoms with E-state index in [9.17, 15) is 9.59 Å². The zero-order valence-electron chi connectivity index (χ0n) is 30.9. The highest BCUT2D eigenvalue weighted by Crippen LogP contribution is 2.18. The summed E-state index contributed by atoms with van der Waals surface area (Å²) in [6.45, 7) is 4.49. The van der Waals surface area contributed by atoms with Gasteiger partial charge in [0.25, 0.3) is 0 Å². The molecule has 0 saturated carbocycles. The van der Waals surface area contributed by atoms with Gasteiger partial charge in [-0.1, -0.05) is 167 Å². The molecule has 1 atom stereocenters. The lowest BCUT2D eigenvalue weighted by Gasteiger charge is -2.18. The largest absolute Gasteiger partial charge is 0.481 e. The average Bonchev–Trinajstić information content (AvgIpc) is 3.04. The fourth-order valence-corrected chi connectivity index (χ4v) is 6.16. The molecule has 1 N–H and O–H groups in total. The number of carboxylic acids is 1. The molecule has 0 aliphatic heterocycles. The van der Waals surface area contributed by atoms with Crippen LogP contribution in [0, 0.1) is 0 Å². The molecule has 0 aromatic rings. The molecule has 0 aromatic carbocycles. The van der Waals surface area contributed by atoms with Gasteiger partial charge in [-0.05, 0) is 70.6 Å². The molecular formula is C42H78O4. The predicted molar refractivity (Wildman–Crippen MR) is 200 cm³/mol. The quantitative estimate of drug-likeness (QED) is 0.0414. The van der Waals surface area contributed by atoms with E-state index in [1.807, 2.05) is 0 Å². The van der Waals surface area contributed by atoms with Gasteiger partial charge >= 0.3 is 11.9 Å². The van der Waals surface area contributed by atoms with Crippen LogP contribution in [-0.4, -0.2) is 23.1 Å². The van der Waals surface area contributed by atoms with Crippen LogP contribution in [0.2, 0.25) is 0 Å². The Bertz CT molecular complexity index is 698. The first-order valence-electron chi connectivity index (χ1n) is 20.3. The fourth-order valence-electron chi connectivity index (χ4n) is 6.16. The summed E-state index contributed by atoms with van der Waals surface area (Å²) in [6.07, 6.45) is 48.1. The average molecular weight is 647 g/mol. The fraction of sp³-hybridized carbons (Fsp3) is 0.857. The molecule has 0 rings (SSSR count). The Labute approximate surface area is 287 Å². The standard InChI is InChI=1S/C42H78O4/c1-3-5-7-8-9-10-11-12-14-19-22-25-28-31-35-39-42(45)46-40(36-32-6-4-2)37-33-29-26-23-20-17-15-13-16-18-21-24-27-30-34-38-41(43)44/h9-10,12,14,40H,3-8,11,13,15-39H2,1-2H3,(H,43,44)/b10-9-,14-12-. The van der Waals surface area contributed by atoms with E-state index in [1.54, 1.807) is 0 Å². The van der Waals surface area contributed by atoms with E-state index >= 15 is 0 Å². The number of hydrogen-bond acceptors (Lipinski definition) is 3. The van der Waals surface area contributed by atoms with Gasteiger partial charge in [0.1, 0.15) is 6.10 Å². The van der Waals surface area contributed by atoms with Crippen LogP contribution in [0.4, 0.5) is 0 Å². The van der Waals surface area contributed by atoms with Crippen molar-refractivity contribution < 1.29 is 19.4 Å². The molecule has 4 heteroatoms. The van der Waals surface area contributed by atoms with Crippen molar-refractivity contribution in [3.63, 3.8) is 0 Å². The molecule has 270 valence electrons. The van der Waals surface area contributed by atoms with Crippen molar-refractivity contribution in [2.24, 2.45) is 0 Å². The second-order valence-electron chi connectivity index (χ2n) is 13.8. The topological polar surface area (TPSA) is 63.6 Å². The Morgan fingerprint density at radius 3 is 1.33 bits per heavy atom. The van der Waals surface area contributed by atoms with E-state index < -0.39 is 5.97 Å². The number of allylic oxidation sites excluding steroid dienone is 4. The van der Waals surface area contributed by atoms with Gasteiger partial charge in [-0.2, -0.15) is 0 Å². The lowest BCUT2D eigenvalue weighted by atomic mass is 10.0. The number of carboxylic acid groups (broad SMARTS) is 1. The minimum Gasteiger partial charge on any atom is -0.481 e. The molecule has 0 spiro atoms. The van der Waals surface area contributed by atoms with Crippen molar-refractivity contribution in [1.82, 2.24) is 0 Å². The molecule has 0 radical (unpaired) electrons. The van der Waals surface area contributed by atoms with E-state index in [0.717, 1.165) is 44.9 Å². The van der Waals surface area contributed by atoms with Crippen molar-refractivity contribution in [3.05, 3.63) is 24.3 Å². The van der Waals surface area contributed by atoms with Crippen molar-refractivity contribution >= 4 is 11.9 Å². The highest BCUT2D eigenvalue weighted by molar-refractivity contribution is 5.69. The molecule has 0 aromatic heterocycles. The molecule has 1 unspecified atom stereocenters. The van der Waals surface area contributed by atoms with Crippen molar-refractivity contribution in [2.45, 2.75) is 232 Å². The monoisotopic (exact) mass is 647 g/mol. The van der Waals surface area contributed by atoms with E-state index in [0.29, 0.717) is 12.8 Å². The van der Waals surface area contributed by atoms with Crippen LogP contribution >= 0.6 is 0 Å². The molecule has 46 heavy (non-hydrogen) atoms. The number of aliphatic carboxylic acids is 1. The number of ether oxygens (including phenoxy) is 1. The number of rotatable bonds is 37. The molecule has 0 heterocycles. The number of unbranched alkanes of at least 4 members (excludes halogenated alkanes) is 24. The minimum absolute atomic E-state index is 0.0305. The molecule has 0 saturated heterocycles. The lowest BCUT2D eigenvalue weighted by Crippen LogP contribution is -2.18. The Morgan fingerprint density at radius 1 is 0.478 bits per heavy atom. The maximum absolute atomic E-state index is 12.6. The van der Waals surface area contributed by atoms with Crippen molar-refractivity contribution in [3.8, 4) is 0 Å². The van der Waals surface area contributed by atoms with Gasteiger partial charge in [0.2, 0.25) is 0 Å². The number of esters is 1. The first kappa shape index (κ1) is 44.4. The molecular weight excluding hydrogens is 568 g/mol. The summed E-state index contributed by atoms with van der Waals surface area (Å²) in [6, 6.07) is 0. The third kappa shape index (κ3) is 36.9. The SMILES string of the molecule is CCCCC/C=C\C/C=C\CCCCCCCC(=O)OC(CCCCC)CCCCCCCCCCCCCCCCCC(=O)O. The second kappa shape index (κ2) is 37.9. The normalized spacial score (nSPS) is 12.4. The molecule has 0 amide bonds. The lowest BCUT2D eigenvalue weighted by molar-refractivity contribution is -0.150. The molecule has 0 aliphatic carbocycles. The number of carbonyl (C=O) groups is 2. The van der Waals surface area contributed by atoms with Crippen LogP contribution in [0.25, 0.3) is 0 Å². The summed E-state index contributed by atoms with van der Waals surface area (Å²) in [4.78, 5) is 23.1. The van der Waals surface area contributed by atoms with Crippen LogP contribution in [0.3, 0.4) is 0 Å². The highest BCUT2D eigenvalue weighted by atomic mass is 16.5. The van der Waals surface area contributed by atoms with Gasteiger partial charge in [-0.15, -0.1) is 0 Å². The predicted octanol–water partition coefficient (Wildman–Crippen LogP) is 14.0. The minimum atomic E-state index is -0.664. The van der Waals surface area contributed by atoms with Gasteiger partial charge < -0.3 is 9.84 Å². The van der Waals surface area contributed by atoms with Gasteiger partial charge in [0.15, 0.2) is 0 Å². The summed E-state index contributed by atoms with van der Waals surface area (Å²) in [5, 5.41) is 8.67.